The van der Waals surface area contributed by atoms with Gasteiger partial charge in [0.05, 0.1) is 6.54 Å². The normalized spacial score (nSPS) is 12.5. The number of oxazole rings is 1. The first-order valence-corrected chi connectivity index (χ1v) is 6.81. The molecule has 0 amide bonds. The summed E-state index contributed by atoms with van der Waals surface area (Å²) in [7, 11) is 0. The van der Waals surface area contributed by atoms with E-state index in [0.717, 1.165) is 36.6 Å². The Balaban J connectivity index is 2.09. The van der Waals surface area contributed by atoms with Crippen molar-refractivity contribution in [1.29, 1.82) is 0 Å². The standard InChI is InChI=1S/C15H23N3O/c1-4-18(11-15(2,3)10-16)9-14-17-12-7-5-6-8-13(12)19-14/h5-8H,4,9-11,16H2,1-3H3. The lowest BCUT2D eigenvalue weighted by Gasteiger charge is -2.30. The summed E-state index contributed by atoms with van der Waals surface area (Å²) in [5.41, 5.74) is 7.69. The van der Waals surface area contributed by atoms with E-state index < -0.39 is 0 Å². The molecule has 0 aliphatic heterocycles. The summed E-state index contributed by atoms with van der Waals surface area (Å²) in [6, 6.07) is 7.87. The van der Waals surface area contributed by atoms with Crippen LogP contribution < -0.4 is 5.73 Å². The minimum absolute atomic E-state index is 0.113. The van der Waals surface area contributed by atoms with Gasteiger partial charge in [-0.25, -0.2) is 4.98 Å². The number of aromatic nitrogens is 1. The molecule has 0 fully saturated rings. The number of fused-ring (bicyclic) bond motifs is 1. The van der Waals surface area contributed by atoms with E-state index in [1.54, 1.807) is 0 Å². The molecule has 0 aliphatic carbocycles. The van der Waals surface area contributed by atoms with E-state index in [1.165, 1.54) is 0 Å². The van der Waals surface area contributed by atoms with Crippen molar-refractivity contribution in [2.75, 3.05) is 19.6 Å². The van der Waals surface area contributed by atoms with E-state index in [4.69, 9.17) is 10.2 Å². The molecule has 0 saturated carbocycles. The fourth-order valence-electron chi connectivity index (χ4n) is 2.13. The minimum atomic E-state index is 0.113. The van der Waals surface area contributed by atoms with Crippen molar-refractivity contribution in [3.05, 3.63) is 30.2 Å². The van der Waals surface area contributed by atoms with Crippen molar-refractivity contribution < 1.29 is 4.42 Å². The van der Waals surface area contributed by atoms with Crippen LogP contribution in [0, 0.1) is 5.41 Å². The third-order valence-electron chi connectivity index (χ3n) is 3.35. The number of rotatable bonds is 6. The van der Waals surface area contributed by atoms with Crippen molar-refractivity contribution in [2.45, 2.75) is 27.3 Å². The third kappa shape index (κ3) is 3.55. The van der Waals surface area contributed by atoms with Gasteiger partial charge in [-0.3, -0.25) is 4.90 Å². The van der Waals surface area contributed by atoms with E-state index >= 15 is 0 Å². The highest BCUT2D eigenvalue weighted by atomic mass is 16.3. The molecule has 2 N–H and O–H groups in total. The highest BCUT2D eigenvalue weighted by Crippen LogP contribution is 2.19. The van der Waals surface area contributed by atoms with E-state index in [1.807, 2.05) is 24.3 Å². The Hall–Kier alpha value is -1.39. The molecule has 1 aromatic heterocycles. The Kier molecular flexibility index (Phi) is 4.22. The quantitative estimate of drug-likeness (QED) is 0.868. The molecule has 19 heavy (non-hydrogen) atoms. The van der Waals surface area contributed by atoms with Gasteiger partial charge in [0, 0.05) is 6.54 Å². The molecular weight excluding hydrogens is 238 g/mol. The molecule has 0 atom stereocenters. The molecule has 2 rings (SSSR count). The van der Waals surface area contributed by atoms with E-state index in [9.17, 15) is 0 Å². The largest absolute Gasteiger partial charge is 0.439 e. The second-order valence-electron chi connectivity index (χ2n) is 5.75. The molecule has 4 heteroatoms. The minimum Gasteiger partial charge on any atom is -0.439 e. The second-order valence-corrected chi connectivity index (χ2v) is 5.75. The Morgan fingerprint density at radius 2 is 2.05 bits per heavy atom. The van der Waals surface area contributed by atoms with Gasteiger partial charge in [-0.1, -0.05) is 32.9 Å². The van der Waals surface area contributed by atoms with Crippen molar-refractivity contribution in [2.24, 2.45) is 11.1 Å². The van der Waals surface area contributed by atoms with E-state index in [-0.39, 0.29) is 5.41 Å². The Bertz CT molecular complexity index is 500. The lowest BCUT2D eigenvalue weighted by molar-refractivity contribution is 0.171. The first kappa shape index (κ1) is 14.0. The van der Waals surface area contributed by atoms with Gasteiger partial charge in [-0.15, -0.1) is 0 Å². The zero-order valence-electron chi connectivity index (χ0n) is 12.0. The highest BCUT2D eigenvalue weighted by molar-refractivity contribution is 5.72. The third-order valence-corrected chi connectivity index (χ3v) is 3.35. The summed E-state index contributed by atoms with van der Waals surface area (Å²) in [5, 5.41) is 0. The second kappa shape index (κ2) is 5.72. The molecule has 0 radical (unpaired) electrons. The van der Waals surface area contributed by atoms with Gasteiger partial charge >= 0.3 is 0 Å². The van der Waals surface area contributed by atoms with Crippen LogP contribution in [0.4, 0.5) is 0 Å². The fraction of sp³-hybridized carbons (Fsp3) is 0.533. The molecular formula is C15H23N3O. The van der Waals surface area contributed by atoms with Gasteiger partial charge in [0.15, 0.2) is 5.58 Å². The SMILES string of the molecule is CCN(Cc1nc2ccccc2o1)CC(C)(C)CN. The number of para-hydroxylation sites is 2. The van der Waals surface area contributed by atoms with Gasteiger partial charge in [0.1, 0.15) is 5.52 Å². The van der Waals surface area contributed by atoms with Crippen molar-refractivity contribution in [1.82, 2.24) is 9.88 Å². The first-order chi connectivity index (χ1) is 9.04. The lowest BCUT2D eigenvalue weighted by Crippen LogP contribution is -2.38. The van der Waals surface area contributed by atoms with Gasteiger partial charge in [-0.05, 0) is 30.6 Å². The van der Waals surface area contributed by atoms with Crippen LogP contribution in [-0.4, -0.2) is 29.5 Å². The topological polar surface area (TPSA) is 55.3 Å². The highest BCUT2D eigenvalue weighted by Gasteiger charge is 2.20. The van der Waals surface area contributed by atoms with Gasteiger partial charge in [-0.2, -0.15) is 0 Å². The summed E-state index contributed by atoms with van der Waals surface area (Å²) < 4.78 is 5.76. The van der Waals surface area contributed by atoms with Crippen LogP contribution in [0.1, 0.15) is 26.7 Å². The number of nitrogens with zero attached hydrogens (tertiary/aromatic N) is 2. The molecule has 4 nitrogen and oxygen atoms in total. The smallest absolute Gasteiger partial charge is 0.209 e. The number of hydrogen-bond acceptors (Lipinski definition) is 4. The monoisotopic (exact) mass is 261 g/mol. The van der Waals surface area contributed by atoms with Crippen molar-refractivity contribution >= 4 is 11.1 Å². The maximum atomic E-state index is 5.80. The molecule has 2 aromatic rings. The predicted molar refractivity (Wildman–Crippen MR) is 77.8 cm³/mol. The summed E-state index contributed by atoms with van der Waals surface area (Å²) in [6.45, 7) is 9.82. The van der Waals surface area contributed by atoms with Gasteiger partial charge in [0.25, 0.3) is 0 Å². The lowest BCUT2D eigenvalue weighted by atomic mass is 9.93. The molecule has 1 heterocycles. The molecule has 1 aromatic carbocycles. The molecule has 0 spiro atoms. The Morgan fingerprint density at radius 1 is 1.32 bits per heavy atom. The van der Waals surface area contributed by atoms with Crippen molar-refractivity contribution in [3.63, 3.8) is 0 Å². The first-order valence-electron chi connectivity index (χ1n) is 6.81. The maximum Gasteiger partial charge on any atom is 0.209 e. The average molecular weight is 261 g/mol. The summed E-state index contributed by atoms with van der Waals surface area (Å²) >= 11 is 0. The number of nitrogens with two attached hydrogens (primary N) is 1. The zero-order valence-corrected chi connectivity index (χ0v) is 12.0. The van der Waals surface area contributed by atoms with Crippen LogP contribution in [0.3, 0.4) is 0 Å². The molecule has 104 valence electrons. The molecule has 0 aliphatic rings. The average Bonchev–Trinajstić information content (AvgIpc) is 2.79. The number of hydrogen-bond donors (Lipinski definition) is 1. The summed E-state index contributed by atoms with van der Waals surface area (Å²) in [5.74, 6) is 0.774. The van der Waals surface area contributed by atoms with Gasteiger partial charge in [0.2, 0.25) is 5.89 Å². The summed E-state index contributed by atoms with van der Waals surface area (Å²) in [6.07, 6.45) is 0. The van der Waals surface area contributed by atoms with Crippen molar-refractivity contribution in [3.8, 4) is 0 Å². The van der Waals surface area contributed by atoms with E-state index in [2.05, 4.69) is 30.7 Å². The maximum absolute atomic E-state index is 5.80. The predicted octanol–water partition coefficient (Wildman–Crippen LogP) is 2.63. The van der Waals surface area contributed by atoms with Crippen LogP contribution in [0.5, 0.6) is 0 Å². The Labute approximate surface area is 114 Å². The van der Waals surface area contributed by atoms with Gasteiger partial charge < -0.3 is 10.2 Å². The number of benzene rings is 1. The van der Waals surface area contributed by atoms with Crippen LogP contribution in [0.2, 0.25) is 0 Å². The van der Waals surface area contributed by atoms with E-state index in [0.29, 0.717) is 6.54 Å². The van der Waals surface area contributed by atoms with Crippen LogP contribution in [0.15, 0.2) is 28.7 Å². The Morgan fingerprint density at radius 3 is 2.68 bits per heavy atom. The molecule has 0 unspecified atom stereocenters. The molecule has 0 bridgehead atoms. The molecule has 0 saturated heterocycles. The zero-order chi connectivity index (χ0) is 13.9. The van der Waals surface area contributed by atoms with Crippen LogP contribution >= 0.6 is 0 Å². The van der Waals surface area contributed by atoms with Crippen LogP contribution in [0.25, 0.3) is 11.1 Å². The fourth-order valence-corrected chi connectivity index (χ4v) is 2.13. The van der Waals surface area contributed by atoms with Crippen LogP contribution in [-0.2, 0) is 6.54 Å². The summed E-state index contributed by atoms with van der Waals surface area (Å²) in [4.78, 5) is 6.83.